The molecule has 1 aromatic carbocycles. The summed E-state index contributed by atoms with van der Waals surface area (Å²) in [7, 11) is 0. The Hall–Kier alpha value is -1.52. The molecule has 2 aromatic rings. The van der Waals surface area contributed by atoms with E-state index in [1.54, 1.807) is 35.3 Å². The van der Waals surface area contributed by atoms with Gasteiger partial charge in [0.2, 0.25) is 5.91 Å². The SMILES string of the molecule is Cc1cnn(CC(=O)Nc2cc(Cl)ccc2Cl)c1. The number of rotatable bonds is 3. The number of amides is 1. The second-order valence-electron chi connectivity index (χ2n) is 3.89. The smallest absolute Gasteiger partial charge is 0.246 e. The quantitative estimate of drug-likeness (QED) is 0.941. The van der Waals surface area contributed by atoms with Crippen LogP contribution in [0.1, 0.15) is 5.56 Å². The standard InChI is InChI=1S/C12H11Cl2N3O/c1-8-5-15-17(6-8)7-12(18)16-11-4-9(13)2-3-10(11)14/h2-6H,7H2,1H3,(H,16,18). The minimum absolute atomic E-state index is 0.136. The van der Waals surface area contributed by atoms with Crippen LogP contribution < -0.4 is 5.32 Å². The second kappa shape index (κ2) is 5.42. The molecule has 0 saturated carbocycles. The van der Waals surface area contributed by atoms with Gasteiger partial charge in [-0.15, -0.1) is 0 Å². The lowest BCUT2D eigenvalue weighted by Gasteiger charge is -2.07. The lowest BCUT2D eigenvalue weighted by molar-refractivity contribution is -0.116. The molecule has 0 unspecified atom stereocenters. The number of benzene rings is 1. The van der Waals surface area contributed by atoms with Gasteiger partial charge >= 0.3 is 0 Å². The molecular weight excluding hydrogens is 273 g/mol. The van der Waals surface area contributed by atoms with E-state index in [-0.39, 0.29) is 12.5 Å². The van der Waals surface area contributed by atoms with E-state index in [9.17, 15) is 4.79 Å². The molecular formula is C12H11Cl2N3O. The molecule has 6 heteroatoms. The van der Waals surface area contributed by atoms with E-state index < -0.39 is 0 Å². The van der Waals surface area contributed by atoms with Crippen LogP contribution in [0.2, 0.25) is 10.0 Å². The van der Waals surface area contributed by atoms with Crippen molar-refractivity contribution in [1.82, 2.24) is 9.78 Å². The van der Waals surface area contributed by atoms with Gasteiger partial charge in [0, 0.05) is 11.2 Å². The van der Waals surface area contributed by atoms with E-state index in [2.05, 4.69) is 10.4 Å². The molecule has 0 atom stereocenters. The molecule has 18 heavy (non-hydrogen) atoms. The molecule has 1 heterocycles. The summed E-state index contributed by atoms with van der Waals surface area (Å²) in [5.74, 6) is -0.206. The fraction of sp³-hybridized carbons (Fsp3) is 0.167. The Morgan fingerprint density at radius 1 is 1.44 bits per heavy atom. The average molecular weight is 284 g/mol. The Labute approximate surface area is 115 Å². The molecule has 0 saturated heterocycles. The minimum Gasteiger partial charge on any atom is -0.323 e. The predicted octanol–water partition coefficient (Wildman–Crippen LogP) is 3.14. The molecule has 0 aliphatic carbocycles. The number of halogens is 2. The zero-order valence-corrected chi connectivity index (χ0v) is 11.2. The maximum atomic E-state index is 11.8. The average Bonchev–Trinajstić information content (AvgIpc) is 2.69. The van der Waals surface area contributed by atoms with E-state index in [4.69, 9.17) is 23.2 Å². The van der Waals surface area contributed by atoms with E-state index in [0.717, 1.165) is 5.56 Å². The molecule has 0 fully saturated rings. The largest absolute Gasteiger partial charge is 0.323 e. The molecule has 0 aliphatic heterocycles. The summed E-state index contributed by atoms with van der Waals surface area (Å²) in [6.45, 7) is 2.05. The van der Waals surface area contributed by atoms with Crippen LogP contribution in [0.3, 0.4) is 0 Å². The fourth-order valence-electron chi connectivity index (χ4n) is 1.48. The van der Waals surface area contributed by atoms with Crippen molar-refractivity contribution in [3.8, 4) is 0 Å². The van der Waals surface area contributed by atoms with Gasteiger partial charge < -0.3 is 5.32 Å². The van der Waals surface area contributed by atoms with Crippen LogP contribution in [-0.2, 0) is 11.3 Å². The van der Waals surface area contributed by atoms with Crippen LogP contribution in [0.15, 0.2) is 30.6 Å². The number of aromatic nitrogens is 2. The lowest BCUT2D eigenvalue weighted by Crippen LogP contribution is -2.19. The summed E-state index contributed by atoms with van der Waals surface area (Å²) in [6.07, 6.45) is 3.48. The Kier molecular flexibility index (Phi) is 3.89. The molecule has 94 valence electrons. The van der Waals surface area contributed by atoms with Crippen LogP contribution in [0.25, 0.3) is 0 Å². The van der Waals surface area contributed by atoms with Gasteiger partial charge in [-0.25, -0.2) is 0 Å². The third kappa shape index (κ3) is 3.24. The van der Waals surface area contributed by atoms with Crippen molar-refractivity contribution in [2.75, 3.05) is 5.32 Å². The van der Waals surface area contributed by atoms with Crippen molar-refractivity contribution in [3.05, 3.63) is 46.2 Å². The summed E-state index contributed by atoms with van der Waals surface area (Å²) in [5, 5.41) is 7.69. The molecule has 0 aliphatic rings. The van der Waals surface area contributed by atoms with Crippen LogP contribution in [0.5, 0.6) is 0 Å². The first kappa shape index (κ1) is 12.9. The fourth-order valence-corrected chi connectivity index (χ4v) is 1.82. The number of carbonyl (C=O) groups is 1. The summed E-state index contributed by atoms with van der Waals surface area (Å²) in [6, 6.07) is 4.91. The van der Waals surface area contributed by atoms with Crippen LogP contribution >= 0.6 is 23.2 Å². The van der Waals surface area contributed by atoms with Gasteiger partial charge in [0.05, 0.1) is 16.9 Å². The van der Waals surface area contributed by atoms with E-state index >= 15 is 0 Å². The number of anilines is 1. The third-order valence-electron chi connectivity index (χ3n) is 2.27. The van der Waals surface area contributed by atoms with Gasteiger partial charge in [-0.05, 0) is 30.7 Å². The molecule has 2 rings (SSSR count). The second-order valence-corrected chi connectivity index (χ2v) is 4.73. The van der Waals surface area contributed by atoms with Gasteiger partial charge in [0.25, 0.3) is 0 Å². The first-order valence-corrected chi connectivity index (χ1v) is 6.04. The van der Waals surface area contributed by atoms with Crippen LogP contribution in [0, 0.1) is 6.92 Å². The van der Waals surface area contributed by atoms with Gasteiger partial charge in [-0.2, -0.15) is 5.10 Å². The van der Waals surface area contributed by atoms with E-state index in [1.807, 2.05) is 6.92 Å². The van der Waals surface area contributed by atoms with Gasteiger partial charge in [-0.1, -0.05) is 23.2 Å². The van der Waals surface area contributed by atoms with Gasteiger partial charge in [0.15, 0.2) is 0 Å². The van der Waals surface area contributed by atoms with Crippen molar-refractivity contribution in [2.45, 2.75) is 13.5 Å². The number of nitrogens with zero attached hydrogens (tertiary/aromatic N) is 2. The Balaban J connectivity index is 2.05. The molecule has 1 aromatic heterocycles. The summed E-state index contributed by atoms with van der Waals surface area (Å²) < 4.78 is 1.56. The molecule has 1 N–H and O–H groups in total. The number of aryl methyl sites for hydroxylation is 1. The summed E-state index contributed by atoms with van der Waals surface area (Å²) in [5.41, 5.74) is 1.50. The molecule has 1 amide bonds. The lowest BCUT2D eigenvalue weighted by atomic mass is 10.3. The maximum absolute atomic E-state index is 11.8. The number of carbonyl (C=O) groups excluding carboxylic acids is 1. The van der Waals surface area contributed by atoms with Crippen molar-refractivity contribution in [3.63, 3.8) is 0 Å². The molecule has 0 spiro atoms. The highest BCUT2D eigenvalue weighted by Crippen LogP contribution is 2.25. The van der Waals surface area contributed by atoms with Crippen molar-refractivity contribution < 1.29 is 4.79 Å². The normalized spacial score (nSPS) is 10.4. The first-order valence-electron chi connectivity index (χ1n) is 5.28. The Morgan fingerprint density at radius 2 is 2.22 bits per heavy atom. The predicted molar refractivity (Wildman–Crippen MR) is 72.1 cm³/mol. The van der Waals surface area contributed by atoms with Crippen molar-refractivity contribution in [2.24, 2.45) is 0 Å². The molecule has 0 bridgehead atoms. The molecule has 4 nitrogen and oxygen atoms in total. The Morgan fingerprint density at radius 3 is 2.89 bits per heavy atom. The van der Waals surface area contributed by atoms with E-state index in [0.29, 0.717) is 15.7 Å². The number of hydrogen-bond donors (Lipinski definition) is 1. The topological polar surface area (TPSA) is 46.9 Å². The number of nitrogens with one attached hydrogen (secondary N) is 1. The van der Waals surface area contributed by atoms with Gasteiger partial charge in [-0.3, -0.25) is 9.48 Å². The monoisotopic (exact) mass is 283 g/mol. The highest BCUT2D eigenvalue weighted by molar-refractivity contribution is 6.35. The minimum atomic E-state index is -0.206. The van der Waals surface area contributed by atoms with Gasteiger partial charge in [0.1, 0.15) is 6.54 Å². The van der Waals surface area contributed by atoms with Crippen LogP contribution in [-0.4, -0.2) is 15.7 Å². The molecule has 0 radical (unpaired) electrons. The highest BCUT2D eigenvalue weighted by Gasteiger charge is 2.07. The zero-order valence-electron chi connectivity index (χ0n) is 9.65. The Bertz CT molecular complexity index is 580. The summed E-state index contributed by atoms with van der Waals surface area (Å²) in [4.78, 5) is 11.8. The highest BCUT2D eigenvalue weighted by atomic mass is 35.5. The third-order valence-corrected chi connectivity index (χ3v) is 2.84. The number of hydrogen-bond acceptors (Lipinski definition) is 2. The van der Waals surface area contributed by atoms with E-state index in [1.165, 1.54) is 0 Å². The van der Waals surface area contributed by atoms with Crippen molar-refractivity contribution in [1.29, 1.82) is 0 Å². The van der Waals surface area contributed by atoms with Crippen molar-refractivity contribution >= 4 is 34.8 Å². The summed E-state index contributed by atoms with van der Waals surface area (Å²) >= 11 is 11.8. The van der Waals surface area contributed by atoms with Crippen LogP contribution in [0.4, 0.5) is 5.69 Å². The zero-order chi connectivity index (χ0) is 13.1. The maximum Gasteiger partial charge on any atom is 0.246 e. The first-order chi connectivity index (χ1) is 8.54.